The third-order valence-corrected chi connectivity index (χ3v) is 7.86. The van der Waals surface area contributed by atoms with Gasteiger partial charge in [-0.05, 0) is 11.6 Å². The smallest absolute Gasteiger partial charge is 0.388 e. The van der Waals surface area contributed by atoms with Crippen molar-refractivity contribution in [2.75, 3.05) is 31.1 Å². The standard InChI is InChI=1S/C20H26F3N3O6S/c21-20(22,23)14-1-2-24-9-12(14)10-25-11-16-18(28)19-15(32-16)7-13(31-19)8-17(27)26-3-5-33(29,30)6-4-26/h1-2,9,13,15-16,18-19,25,28H,3-8,10-11H2/t13-,15+,16+,18+,19-/m0/s1. The second-order valence-electron chi connectivity index (χ2n) is 8.56. The lowest BCUT2D eigenvalue weighted by Gasteiger charge is -2.28. The number of alkyl halides is 3. The molecule has 3 fully saturated rings. The number of aliphatic hydroxyl groups excluding tert-OH is 1. The van der Waals surface area contributed by atoms with Gasteiger partial charge >= 0.3 is 6.18 Å². The Morgan fingerprint density at radius 2 is 2.00 bits per heavy atom. The van der Waals surface area contributed by atoms with Gasteiger partial charge in [0, 0.05) is 45.0 Å². The van der Waals surface area contributed by atoms with Crippen LogP contribution in [0.2, 0.25) is 0 Å². The minimum atomic E-state index is -4.48. The van der Waals surface area contributed by atoms with Crippen molar-refractivity contribution in [1.29, 1.82) is 0 Å². The molecule has 0 bridgehead atoms. The summed E-state index contributed by atoms with van der Waals surface area (Å²) in [4.78, 5) is 17.7. The molecule has 9 nitrogen and oxygen atoms in total. The molecule has 3 saturated heterocycles. The van der Waals surface area contributed by atoms with E-state index in [0.29, 0.717) is 6.42 Å². The van der Waals surface area contributed by atoms with Crippen LogP contribution in [0.15, 0.2) is 18.5 Å². The molecule has 4 rings (SSSR count). The summed E-state index contributed by atoms with van der Waals surface area (Å²) >= 11 is 0. The van der Waals surface area contributed by atoms with Crippen molar-refractivity contribution in [3.8, 4) is 0 Å². The van der Waals surface area contributed by atoms with Gasteiger partial charge in [0.15, 0.2) is 9.84 Å². The number of ether oxygens (including phenoxy) is 2. The van der Waals surface area contributed by atoms with Crippen molar-refractivity contribution in [2.45, 2.75) is 56.1 Å². The third-order valence-electron chi connectivity index (χ3n) is 6.25. The molecule has 33 heavy (non-hydrogen) atoms. The summed E-state index contributed by atoms with van der Waals surface area (Å²) in [5.41, 5.74) is -0.769. The average Bonchev–Trinajstić information content (AvgIpc) is 3.26. The molecule has 5 atom stereocenters. The fourth-order valence-electron chi connectivity index (χ4n) is 4.49. The van der Waals surface area contributed by atoms with Gasteiger partial charge in [0.2, 0.25) is 5.91 Å². The van der Waals surface area contributed by atoms with E-state index >= 15 is 0 Å². The van der Waals surface area contributed by atoms with E-state index in [-0.39, 0.29) is 55.6 Å². The van der Waals surface area contributed by atoms with Gasteiger partial charge in [-0.25, -0.2) is 8.42 Å². The number of pyridine rings is 1. The van der Waals surface area contributed by atoms with Crippen LogP contribution in [0, 0.1) is 0 Å². The maximum Gasteiger partial charge on any atom is 0.416 e. The minimum absolute atomic E-state index is 0.00183. The van der Waals surface area contributed by atoms with Crippen LogP contribution < -0.4 is 5.32 Å². The average molecular weight is 494 g/mol. The van der Waals surface area contributed by atoms with E-state index in [9.17, 15) is 31.5 Å². The summed E-state index contributed by atoms with van der Waals surface area (Å²) in [5.74, 6) is -0.287. The van der Waals surface area contributed by atoms with E-state index in [1.54, 1.807) is 0 Å². The van der Waals surface area contributed by atoms with Gasteiger partial charge < -0.3 is 24.8 Å². The van der Waals surface area contributed by atoms with Gasteiger partial charge in [-0.15, -0.1) is 0 Å². The number of carbonyl (C=O) groups is 1. The molecule has 1 aromatic heterocycles. The summed E-state index contributed by atoms with van der Waals surface area (Å²) in [6, 6.07) is 0.917. The molecule has 0 spiro atoms. The Balaban J connectivity index is 1.23. The monoisotopic (exact) mass is 493 g/mol. The molecule has 4 heterocycles. The van der Waals surface area contributed by atoms with Crippen molar-refractivity contribution >= 4 is 15.7 Å². The second kappa shape index (κ2) is 9.45. The molecule has 0 radical (unpaired) electrons. The lowest BCUT2D eigenvalue weighted by molar-refractivity contribution is -0.138. The van der Waals surface area contributed by atoms with Crippen molar-refractivity contribution < 1.29 is 41.0 Å². The number of nitrogens with zero attached hydrogens (tertiary/aromatic N) is 2. The molecule has 2 N–H and O–H groups in total. The molecule has 0 aromatic carbocycles. The molecule has 0 saturated carbocycles. The van der Waals surface area contributed by atoms with Gasteiger partial charge in [-0.1, -0.05) is 0 Å². The van der Waals surface area contributed by atoms with Gasteiger partial charge in [0.1, 0.15) is 12.2 Å². The highest BCUT2D eigenvalue weighted by atomic mass is 32.2. The number of fused-ring (bicyclic) bond motifs is 1. The number of hydrogen-bond acceptors (Lipinski definition) is 8. The first-order chi connectivity index (χ1) is 15.5. The van der Waals surface area contributed by atoms with Crippen LogP contribution >= 0.6 is 0 Å². The number of rotatable bonds is 6. The Bertz CT molecular complexity index is 962. The highest BCUT2D eigenvalue weighted by Gasteiger charge is 2.50. The third kappa shape index (κ3) is 5.65. The number of aliphatic hydroxyl groups is 1. The van der Waals surface area contributed by atoms with Crippen LogP contribution in [0.25, 0.3) is 0 Å². The van der Waals surface area contributed by atoms with Gasteiger partial charge in [0.25, 0.3) is 0 Å². The Morgan fingerprint density at radius 3 is 2.67 bits per heavy atom. The van der Waals surface area contributed by atoms with Crippen LogP contribution in [0.4, 0.5) is 13.2 Å². The van der Waals surface area contributed by atoms with Gasteiger partial charge in [0.05, 0.1) is 41.8 Å². The lowest BCUT2D eigenvalue weighted by Crippen LogP contribution is -2.45. The minimum Gasteiger partial charge on any atom is -0.388 e. The molecular formula is C20H26F3N3O6S. The number of sulfone groups is 1. The van der Waals surface area contributed by atoms with E-state index in [4.69, 9.17) is 9.47 Å². The fourth-order valence-corrected chi connectivity index (χ4v) is 5.69. The molecule has 13 heteroatoms. The molecule has 0 aliphatic carbocycles. The quantitative estimate of drug-likeness (QED) is 0.574. The van der Waals surface area contributed by atoms with Gasteiger partial charge in [-0.2, -0.15) is 13.2 Å². The topological polar surface area (TPSA) is 118 Å². The predicted molar refractivity (Wildman–Crippen MR) is 109 cm³/mol. The lowest BCUT2D eigenvalue weighted by atomic mass is 10.1. The number of nitrogens with one attached hydrogen (secondary N) is 1. The van der Waals surface area contributed by atoms with Crippen molar-refractivity contribution in [3.05, 3.63) is 29.6 Å². The molecule has 184 valence electrons. The number of aromatic nitrogens is 1. The van der Waals surface area contributed by atoms with E-state index in [2.05, 4.69) is 10.3 Å². The van der Waals surface area contributed by atoms with Crippen molar-refractivity contribution in [1.82, 2.24) is 15.2 Å². The maximum atomic E-state index is 13.1. The first-order valence-corrected chi connectivity index (χ1v) is 12.5. The zero-order valence-electron chi connectivity index (χ0n) is 17.7. The molecule has 0 unspecified atom stereocenters. The van der Waals surface area contributed by atoms with E-state index < -0.39 is 52.1 Å². The highest BCUT2D eigenvalue weighted by molar-refractivity contribution is 7.91. The normalized spacial score (nSPS) is 31.5. The molecule has 3 aliphatic heterocycles. The number of hydrogen-bond donors (Lipinski definition) is 2. The molecule has 3 aliphatic rings. The Morgan fingerprint density at radius 1 is 1.27 bits per heavy atom. The highest BCUT2D eigenvalue weighted by Crippen LogP contribution is 2.36. The largest absolute Gasteiger partial charge is 0.416 e. The summed E-state index contributed by atoms with van der Waals surface area (Å²) in [6.07, 6.45) is -4.90. The SMILES string of the molecule is O=C(C[C@@H]1C[C@H]2O[C@H](CNCc3cnccc3C(F)(F)F)[C@@H](O)[C@H]2O1)N1CCS(=O)(=O)CC1. The summed E-state index contributed by atoms with van der Waals surface area (Å²) in [5, 5.41) is 13.4. The number of halogens is 3. The van der Waals surface area contributed by atoms with Crippen molar-refractivity contribution in [3.63, 3.8) is 0 Å². The molecule has 1 aromatic rings. The van der Waals surface area contributed by atoms with E-state index in [1.807, 2.05) is 0 Å². The maximum absolute atomic E-state index is 13.1. The summed E-state index contributed by atoms with van der Waals surface area (Å²) in [6.45, 7) is 0.366. The van der Waals surface area contributed by atoms with Crippen LogP contribution in [0.5, 0.6) is 0 Å². The Kier molecular flexibility index (Phi) is 6.97. The fraction of sp³-hybridized carbons (Fsp3) is 0.700. The zero-order valence-corrected chi connectivity index (χ0v) is 18.5. The summed E-state index contributed by atoms with van der Waals surface area (Å²) in [7, 11) is -3.08. The van der Waals surface area contributed by atoms with E-state index in [1.165, 1.54) is 4.90 Å². The molecular weight excluding hydrogens is 467 g/mol. The van der Waals surface area contributed by atoms with Crippen LogP contribution in [-0.2, 0) is 36.8 Å². The zero-order chi connectivity index (χ0) is 23.8. The van der Waals surface area contributed by atoms with Gasteiger partial charge in [-0.3, -0.25) is 9.78 Å². The first kappa shape index (κ1) is 24.3. The summed E-state index contributed by atoms with van der Waals surface area (Å²) < 4.78 is 73.9. The number of amides is 1. The molecule has 1 amide bonds. The van der Waals surface area contributed by atoms with Crippen LogP contribution in [0.3, 0.4) is 0 Å². The van der Waals surface area contributed by atoms with Crippen LogP contribution in [0.1, 0.15) is 24.0 Å². The first-order valence-electron chi connectivity index (χ1n) is 10.7. The Labute approximate surface area is 189 Å². The van der Waals surface area contributed by atoms with E-state index in [0.717, 1.165) is 18.5 Å². The van der Waals surface area contributed by atoms with Crippen LogP contribution in [-0.4, -0.2) is 91.0 Å². The predicted octanol–water partition coefficient (Wildman–Crippen LogP) is 0.123. The second-order valence-corrected chi connectivity index (χ2v) is 10.9. The Hall–Kier alpha value is -1.80. The van der Waals surface area contributed by atoms with Crippen molar-refractivity contribution in [2.24, 2.45) is 0 Å². The number of carbonyl (C=O) groups excluding carboxylic acids is 1.